The number of nitrogens with zero attached hydrogens (tertiary/aromatic N) is 3. The Hall–Kier alpha value is -2.05. The molecule has 0 N–H and O–H groups in total. The van der Waals surface area contributed by atoms with Crippen LogP contribution in [0.5, 0.6) is 0 Å². The monoisotopic (exact) mass is 375 g/mol. The summed E-state index contributed by atoms with van der Waals surface area (Å²) in [6.45, 7) is 1.10. The van der Waals surface area contributed by atoms with E-state index >= 15 is 0 Å². The molecule has 1 aromatic heterocycles. The zero-order chi connectivity index (χ0) is 16.2. The molecular weight excluding hydrogens is 361 g/mol. The van der Waals surface area contributed by atoms with E-state index in [9.17, 15) is 4.39 Å². The van der Waals surface area contributed by atoms with Crippen molar-refractivity contribution in [1.29, 1.82) is 0 Å². The van der Waals surface area contributed by atoms with Gasteiger partial charge >= 0.3 is 0 Å². The molecule has 6 heteroatoms. The van der Waals surface area contributed by atoms with Crippen molar-refractivity contribution >= 4 is 15.9 Å². The number of benzene rings is 2. The normalized spacial score (nSPS) is 11.1. The van der Waals surface area contributed by atoms with Gasteiger partial charge < -0.3 is 4.42 Å². The molecule has 0 unspecified atom stereocenters. The number of hydrogen-bond acceptors (Lipinski definition) is 4. The summed E-state index contributed by atoms with van der Waals surface area (Å²) >= 11 is 3.42. The highest BCUT2D eigenvalue weighted by Crippen LogP contribution is 2.22. The van der Waals surface area contributed by atoms with Gasteiger partial charge in [0.1, 0.15) is 5.82 Å². The Morgan fingerprint density at radius 2 is 1.91 bits per heavy atom. The van der Waals surface area contributed by atoms with Crippen molar-refractivity contribution < 1.29 is 8.81 Å². The number of hydrogen-bond donors (Lipinski definition) is 0. The van der Waals surface area contributed by atoms with Crippen molar-refractivity contribution in [3.05, 3.63) is 70.3 Å². The van der Waals surface area contributed by atoms with Gasteiger partial charge in [-0.25, -0.2) is 4.39 Å². The lowest BCUT2D eigenvalue weighted by Gasteiger charge is -2.14. The van der Waals surface area contributed by atoms with E-state index in [4.69, 9.17) is 4.42 Å². The molecular formula is C17H15BrFN3O. The molecule has 4 nitrogen and oxygen atoms in total. The van der Waals surface area contributed by atoms with Crippen LogP contribution in [0.2, 0.25) is 0 Å². The summed E-state index contributed by atoms with van der Waals surface area (Å²) < 4.78 is 19.9. The molecule has 0 saturated carbocycles. The lowest BCUT2D eigenvalue weighted by Crippen LogP contribution is -2.17. The van der Waals surface area contributed by atoms with Gasteiger partial charge in [-0.2, -0.15) is 0 Å². The van der Waals surface area contributed by atoms with Gasteiger partial charge in [0, 0.05) is 16.6 Å². The summed E-state index contributed by atoms with van der Waals surface area (Å²) in [6, 6.07) is 14.2. The Balaban J connectivity index is 1.66. The first-order valence-corrected chi connectivity index (χ1v) is 7.91. The second kappa shape index (κ2) is 7.02. The van der Waals surface area contributed by atoms with E-state index in [1.165, 1.54) is 12.1 Å². The number of halogens is 2. The highest BCUT2D eigenvalue weighted by molar-refractivity contribution is 9.10. The second-order valence-corrected chi connectivity index (χ2v) is 6.23. The minimum absolute atomic E-state index is 0.231. The van der Waals surface area contributed by atoms with E-state index in [2.05, 4.69) is 26.1 Å². The molecule has 0 aliphatic carbocycles. The molecule has 0 saturated heterocycles. The molecule has 3 rings (SSSR count). The Morgan fingerprint density at radius 1 is 1.09 bits per heavy atom. The Kier molecular flexibility index (Phi) is 4.83. The average molecular weight is 376 g/mol. The zero-order valence-corrected chi connectivity index (χ0v) is 14.1. The lowest BCUT2D eigenvalue weighted by atomic mass is 10.2. The zero-order valence-electron chi connectivity index (χ0n) is 12.5. The summed E-state index contributed by atoms with van der Waals surface area (Å²) in [7, 11) is 1.92. The molecule has 0 aliphatic rings. The molecule has 0 aliphatic heterocycles. The molecule has 23 heavy (non-hydrogen) atoms. The molecule has 0 bridgehead atoms. The van der Waals surface area contributed by atoms with Crippen molar-refractivity contribution in [3.63, 3.8) is 0 Å². The van der Waals surface area contributed by atoms with E-state index in [-0.39, 0.29) is 5.82 Å². The molecule has 0 spiro atoms. The van der Waals surface area contributed by atoms with Crippen LogP contribution in [0.25, 0.3) is 11.5 Å². The molecule has 0 fully saturated rings. The third-order valence-corrected chi connectivity index (χ3v) is 3.78. The van der Waals surface area contributed by atoms with Gasteiger partial charge in [-0.3, -0.25) is 4.90 Å². The van der Waals surface area contributed by atoms with Crippen molar-refractivity contribution in [2.24, 2.45) is 0 Å². The second-order valence-electron chi connectivity index (χ2n) is 5.31. The van der Waals surface area contributed by atoms with Crippen LogP contribution in [0.15, 0.2) is 57.4 Å². The molecule has 0 atom stereocenters. The van der Waals surface area contributed by atoms with Crippen LogP contribution in [0.4, 0.5) is 4.39 Å². The summed E-state index contributed by atoms with van der Waals surface area (Å²) in [4.78, 5) is 1.99. The summed E-state index contributed by atoms with van der Waals surface area (Å²) in [5.41, 5.74) is 1.77. The first-order valence-electron chi connectivity index (χ1n) is 7.11. The van der Waals surface area contributed by atoms with Gasteiger partial charge in [-0.1, -0.05) is 34.1 Å². The highest BCUT2D eigenvalue weighted by Gasteiger charge is 2.11. The van der Waals surface area contributed by atoms with Crippen molar-refractivity contribution in [1.82, 2.24) is 15.1 Å². The van der Waals surface area contributed by atoms with Gasteiger partial charge in [0.25, 0.3) is 0 Å². The van der Waals surface area contributed by atoms with Gasteiger partial charge in [0.15, 0.2) is 0 Å². The van der Waals surface area contributed by atoms with E-state index in [1.54, 1.807) is 6.07 Å². The Labute approximate surface area is 142 Å². The van der Waals surface area contributed by atoms with Crippen LogP contribution in [0.1, 0.15) is 11.5 Å². The van der Waals surface area contributed by atoms with E-state index in [1.807, 2.05) is 42.3 Å². The Morgan fingerprint density at radius 3 is 2.70 bits per heavy atom. The molecule has 1 heterocycles. The van der Waals surface area contributed by atoms with Gasteiger partial charge in [-0.05, 0) is 42.9 Å². The van der Waals surface area contributed by atoms with Crippen LogP contribution in [0.3, 0.4) is 0 Å². The first kappa shape index (κ1) is 15.8. The van der Waals surface area contributed by atoms with Gasteiger partial charge in [0.05, 0.1) is 6.54 Å². The van der Waals surface area contributed by atoms with Crippen LogP contribution >= 0.6 is 15.9 Å². The maximum Gasteiger partial charge on any atom is 0.247 e. The van der Waals surface area contributed by atoms with Crippen molar-refractivity contribution in [2.75, 3.05) is 7.05 Å². The van der Waals surface area contributed by atoms with Gasteiger partial charge in [0.2, 0.25) is 11.8 Å². The molecule has 0 radical (unpaired) electrons. The van der Waals surface area contributed by atoms with Gasteiger partial charge in [-0.15, -0.1) is 10.2 Å². The van der Waals surface area contributed by atoms with Crippen LogP contribution in [-0.4, -0.2) is 22.1 Å². The molecule has 2 aromatic carbocycles. The van der Waals surface area contributed by atoms with Crippen molar-refractivity contribution in [2.45, 2.75) is 13.1 Å². The maximum absolute atomic E-state index is 13.2. The van der Waals surface area contributed by atoms with E-state index in [0.29, 0.717) is 24.9 Å². The maximum atomic E-state index is 13.2. The summed E-state index contributed by atoms with van der Waals surface area (Å²) in [5.74, 6) is 0.782. The minimum atomic E-state index is -0.231. The standard InChI is InChI=1S/C17H15BrFN3O/c1-22(10-12-4-2-7-15(19)8-12)11-16-20-21-17(23-16)13-5-3-6-14(18)9-13/h2-9H,10-11H2,1H3. The third-order valence-electron chi connectivity index (χ3n) is 3.29. The van der Waals surface area contributed by atoms with Crippen LogP contribution < -0.4 is 0 Å². The lowest BCUT2D eigenvalue weighted by molar-refractivity contribution is 0.282. The van der Waals surface area contributed by atoms with Crippen LogP contribution in [0, 0.1) is 5.82 Å². The number of rotatable bonds is 5. The average Bonchev–Trinajstić information content (AvgIpc) is 2.95. The summed E-state index contributed by atoms with van der Waals surface area (Å²) in [5, 5.41) is 8.15. The summed E-state index contributed by atoms with van der Waals surface area (Å²) in [6.07, 6.45) is 0. The largest absolute Gasteiger partial charge is 0.419 e. The van der Waals surface area contributed by atoms with Crippen molar-refractivity contribution in [3.8, 4) is 11.5 Å². The number of aromatic nitrogens is 2. The Bertz CT molecular complexity index is 806. The minimum Gasteiger partial charge on any atom is -0.419 e. The van der Waals surface area contributed by atoms with E-state index in [0.717, 1.165) is 15.6 Å². The fraction of sp³-hybridized carbons (Fsp3) is 0.176. The molecule has 0 amide bonds. The third kappa shape index (κ3) is 4.24. The topological polar surface area (TPSA) is 42.2 Å². The quantitative estimate of drug-likeness (QED) is 0.667. The fourth-order valence-electron chi connectivity index (χ4n) is 2.29. The smallest absolute Gasteiger partial charge is 0.247 e. The fourth-order valence-corrected chi connectivity index (χ4v) is 2.69. The SMILES string of the molecule is CN(Cc1cccc(F)c1)Cc1nnc(-c2cccc(Br)c2)o1. The van der Waals surface area contributed by atoms with E-state index < -0.39 is 0 Å². The first-order chi connectivity index (χ1) is 11.1. The highest BCUT2D eigenvalue weighted by atomic mass is 79.9. The molecule has 118 valence electrons. The predicted octanol–water partition coefficient (Wildman–Crippen LogP) is 4.27. The molecule has 3 aromatic rings. The predicted molar refractivity (Wildman–Crippen MR) is 89.0 cm³/mol. The van der Waals surface area contributed by atoms with Crippen LogP contribution in [-0.2, 0) is 13.1 Å².